The summed E-state index contributed by atoms with van der Waals surface area (Å²) in [6, 6.07) is 3.97. The van der Waals surface area contributed by atoms with Crippen LogP contribution in [0.4, 0.5) is 0 Å². The molecule has 4 rings (SSSR count). The average Bonchev–Trinajstić information content (AvgIpc) is 3.26. The molecule has 6 heteroatoms. The monoisotopic (exact) mass is 384 g/mol. The van der Waals surface area contributed by atoms with Crippen LogP contribution < -0.4 is 0 Å². The molecule has 3 fully saturated rings. The Morgan fingerprint density at radius 2 is 1.79 bits per heavy atom. The topological polar surface area (TPSA) is 56.8 Å². The molecule has 0 unspecified atom stereocenters. The summed E-state index contributed by atoms with van der Waals surface area (Å²) in [5.74, 6) is 0.542. The molecule has 0 bridgehead atoms. The molecular formula is C22H32N4O2. The number of likely N-dealkylation sites (tertiary alicyclic amines) is 3. The minimum Gasteiger partial charge on any atom is -0.341 e. The van der Waals surface area contributed by atoms with Crippen LogP contribution in [0.2, 0.25) is 0 Å². The van der Waals surface area contributed by atoms with E-state index < -0.39 is 0 Å². The van der Waals surface area contributed by atoms with Crippen LogP contribution in [0.5, 0.6) is 0 Å². The normalized spacial score (nSPS) is 24.0. The lowest BCUT2D eigenvalue weighted by Crippen LogP contribution is -2.54. The molecule has 28 heavy (non-hydrogen) atoms. The van der Waals surface area contributed by atoms with E-state index >= 15 is 0 Å². The number of carbonyl (C=O) groups is 2. The first-order valence-electron chi connectivity index (χ1n) is 10.8. The van der Waals surface area contributed by atoms with E-state index in [1.165, 1.54) is 12.8 Å². The molecule has 0 radical (unpaired) electrons. The Kier molecular flexibility index (Phi) is 5.67. The number of hydrogen-bond donors (Lipinski definition) is 0. The van der Waals surface area contributed by atoms with Crippen molar-refractivity contribution in [3.8, 4) is 0 Å². The molecule has 152 valence electrons. The lowest BCUT2D eigenvalue weighted by atomic mass is 9.72. The van der Waals surface area contributed by atoms with Gasteiger partial charge in [0.05, 0.1) is 6.04 Å². The van der Waals surface area contributed by atoms with Crippen LogP contribution in [0.25, 0.3) is 0 Å². The van der Waals surface area contributed by atoms with Gasteiger partial charge in [0.25, 0.3) is 0 Å². The lowest BCUT2D eigenvalue weighted by Gasteiger charge is -2.48. The van der Waals surface area contributed by atoms with E-state index in [4.69, 9.17) is 0 Å². The number of nitrogens with zero attached hydrogens (tertiary/aromatic N) is 4. The molecule has 0 N–H and O–H groups in total. The van der Waals surface area contributed by atoms with Crippen molar-refractivity contribution in [2.75, 3.05) is 32.7 Å². The maximum Gasteiger partial charge on any atom is 0.239 e. The molecular weight excluding hydrogens is 352 g/mol. The number of hydrogen-bond acceptors (Lipinski definition) is 4. The van der Waals surface area contributed by atoms with E-state index in [9.17, 15) is 9.59 Å². The molecule has 1 atom stereocenters. The molecule has 1 aromatic rings. The summed E-state index contributed by atoms with van der Waals surface area (Å²) in [5, 5.41) is 0. The first-order valence-corrected chi connectivity index (χ1v) is 10.8. The smallest absolute Gasteiger partial charge is 0.239 e. The molecule has 0 aliphatic carbocycles. The highest BCUT2D eigenvalue weighted by atomic mass is 16.2. The molecule has 4 heterocycles. The Balaban J connectivity index is 1.35. The predicted molar refractivity (Wildman–Crippen MR) is 107 cm³/mol. The summed E-state index contributed by atoms with van der Waals surface area (Å²) in [7, 11) is 0. The fourth-order valence-corrected chi connectivity index (χ4v) is 5.11. The van der Waals surface area contributed by atoms with Crippen LogP contribution in [-0.4, -0.2) is 70.3 Å². The van der Waals surface area contributed by atoms with Crippen molar-refractivity contribution in [1.82, 2.24) is 19.7 Å². The van der Waals surface area contributed by atoms with Gasteiger partial charge < -0.3 is 9.80 Å². The first-order chi connectivity index (χ1) is 13.6. The summed E-state index contributed by atoms with van der Waals surface area (Å²) in [5.41, 5.74) is 1.31. The second-order valence-corrected chi connectivity index (χ2v) is 8.85. The molecule has 1 spiro atoms. The van der Waals surface area contributed by atoms with Crippen LogP contribution in [0.3, 0.4) is 0 Å². The van der Waals surface area contributed by atoms with Crippen molar-refractivity contribution in [3.63, 3.8) is 0 Å². The van der Waals surface area contributed by atoms with Gasteiger partial charge in [-0.05, 0) is 75.2 Å². The van der Waals surface area contributed by atoms with Crippen molar-refractivity contribution < 1.29 is 9.59 Å². The average molecular weight is 385 g/mol. The zero-order chi connectivity index (χ0) is 19.6. The molecule has 3 aliphatic heterocycles. The molecule has 2 amide bonds. The quantitative estimate of drug-likeness (QED) is 0.799. The molecule has 0 aromatic carbocycles. The standard InChI is InChI=1S/C22H32N4O2/c1-18(24-12-2-3-13-24)21(28)25-14-8-22(9-15-25)7-4-20(27)26(17-22)16-19-5-10-23-11-6-19/h5-6,10-11,18H,2-4,7-9,12-17H2,1H3/t18-/m0/s1. The molecule has 3 saturated heterocycles. The predicted octanol–water partition coefficient (Wildman–Crippen LogP) is 2.30. The van der Waals surface area contributed by atoms with Crippen molar-refractivity contribution in [2.24, 2.45) is 5.41 Å². The Labute approximate surface area is 167 Å². The first kappa shape index (κ1) is 19.4. The van der Waals surface area contributed by atoms with Crippen LogP contribution in [0, 0.1) is 5.41 Å². The van der Waals surface area contributed by atoms with E-state index in [0.29, 0.717) is 13.0 Å². The van der Waals surface area contributed by atoms with Gasteiger partial charge in [0.2, 0.25) is 11.8 Å². The van der Waals surface area contributed by atoms with Gasteiger partial charge in [0.1, 0.15) is 0 Å². The van der Waals surface area contributed by atoms with Crippen molar-refractivity contribution in [1.29, 1.82) is 0 Å². The third kappa shape index (κ3) is 4.07. The Morgan fingerprint density at radius 3 is 2.46 bits per heavy atom. The Hall–Kier alpha value is -1.95. The van der Waals surface area contributed by atoms with Crippen molar-refractivity contribution >= 4 is 11.8 Å². The van der Waals surface area contributed by atoms with Crippen molar-refractivity contribution in [2.45, 2.75) is 58.0 Å². The van der Waals surface area contributed by atoms with Gasteiger partial charge >= 0.3 is 0 Å². The zero-order valence-electron chi connectivity index (χ0n) is 17.0. The van der Waals surface area contributed by atoms with E-state index in [1.54, 1.807) is 12.4 Å². The van der Waals surface area contributed by atoms with Gasteiger partial charge in [-0.1, -0.05) is 0 Å². The van der Waals surface area contributed by atoms with E-state index in [1.807, 2.05) is 17.0 Å². The zero-order valence-corrected chi connectivity index (χ0v) is 17.0. The number of carbonyl (C=O) groups excluding carboxylic acids is 2. The Bertz CT molecular complexity index is 694. The highest BCUT2D eigenvalue weighted by Crippen LogP contribution is 2.40. The van der Waals surface area contributed by atoms with Gasteiger partial charge in [0, 0.05) is 45.0 Å². The largest absolute Gasteiger partial charge is 0.341 e. The number of amides is 2. The van der Waals surface area contributed by atoms with Gasteiger partial charge in [-0.15, -0.1) is 0 Å². The fourth-order valence-electron chi connectivity index (χ4n) is 5.11. The Morgan fingerprint density at radius 1 is 1.11 bits per heavy atom. The SMILES string of the molecule is C[C@@H](C(=O)N1CCC2(CCC(=O)N(Cc3ccncc3)C2)CC1)N1CCCC1. The maximum atomic E-state index is 12.9. The summed E-state index contributed by atoms with van der Waals surface area (Å²) in [6.45, 7) is 7.31. The summed E-state index contributed by atoms with van der Waals surface area (Å²) >= 11 is 0. The van der Waals surface area contributed by atoms with E-state index in [-0.39, 0.29) is 23.3 Å². The number of rotatable bonds is 4. The maximum absolute atomic E-state index is 12.9. The van der Waals surface area contributed by atoms with Gasteiger partial charge in [0.15, 0.2) is 0 Å². The lowest BCUT2D eigenvalue weighted by molar-refractivity contribution is -0.145. The highest BCUT2D eigenvalue weighted by Gasteiger charge is 2.42. The summed E-state index contributed by atoms with van der Waals surface area (Å²) in [6.07, 6.45) is 9.59. The summed E-state index contributed by atoms with van der Waals surface area (Å²) in [4.78, 5) is 35.9. The second-order valence-electron chi connectivity index (χ2n) is 8.85. The minimum absolute atomic E-state index is 0.00710. The number of aromatic nitrogens is 1. The van der Waals surface area contributed by atoms with Crippen LogP contribution >= 0.6 is 0 Å². The molecule has 1 aromatic heterocycles. The van der Waals surface area contributed by atoms with Crippen LogP contribution in [-0.2, 0) is 16.1 Å². The van der Waals surface area contributed by atoms with Crippen molar-refractivity contribution in [3.05, 3.63) is 30.1 Å². The molecule has 3 aliphatic rings. The van der Waals surface area contributed by atoms with Crippen LogP contribution in [0.15, 0.2) is 24.5 Å². The summed E-state index contributed by atoms with van der Waals surface area (Å²) < 4.78 is 0. The minimum atomic E-state index is 0.00710. The van der Waals surface area contributed by atoms with Gasteiger partial charge in [-0.25, -0.2) is 0 Å². The molecule has 0 saturated carbocycles. The van der Waals surface area contributed by atoms with E-state index in [2.05, 4.69) is 21.7 Å². The highest BCUT2D eigenvalue weighted by molar-refractivity contribution is 5.81. The number of piperidine rings is 2. The van der Waals surface area contributed by atoms with Crippen LogP contribution in [0.1, 0.15) is 51.0 Å². The van der Waals surface area contributed by atoms with E-state index in [0.717, 1.165) is 57.5 Å². The van der Waals surface area contributed by atoms with Gasteiger partial charge in [-0.3, -0.25) is 19.5 Å². The fraction of sp³-hybridized carbons (Fsp3) is 0.682. The van der Waals surface area contributed by atoms with Gasteiger partial charge in [-0.2, -0.15) is 0 Å². The second kappa shape index (κ2) is 8.19. The third-order valence-corrected chi connectivity index (χ3v) is 7.05. The molecule has 6 nitrogen and oxygen atoms in total. The number of pyridine rings is 1. The third-order valence-electron chi connectivity index (χ3n) is 7.05.